The first kappa shape index (κ1) is 19.7. The van der Waals surface area contributed by atoms with Crippen LogP contribution in [0, 0.1) is 5.92 Å². The van der Waals surface area contributed by atoms with Gasteiger partial charge in [-0.05, 0) is 36.5 Å². The van der Waals surface area contributed by atoms with Gasteiger partial charge >= 0.3 is 5.97 Å². The van der Waals surface area contributed by atoms with Crippen molar-refractivity contribution < 1.29 is 29.3 Å². The number of benzene rings is 1. The fourth-order valence-corrected chi connectivity index (χ4v) is 2.57. The summed E-state index contributed by atoms with van der Waals surface area (Å²) in [7, 11) is 0. The largest absolute Gasteiger partial charge is 0.508 e. The van der Waals surface area contributed by atoms with Gasteiger partial charge in [0.1, 0.15) is 11.8 Å². The smallest absolute Gasteiger partial charge is 0.336 e. The number of carbonyl (C=O) groups is 3. The normalized spacial score (nSPS) is 19.7. The average molecular weight is 364 g/mol. The van der Waals surface area contributed by atoms with E-state index in [4.69, 9.17) is 9.84 Å². The molecule has 8 nitrogen and oxygen atoms in total. The molecule has 142 valence electrons. The number of aromatic hydroxyl groups is 1. The SMILES string of the molecule is CC(C)C[C@H](NC(=O)[C@H]1O[C@@H]1C(=O)O)C(=O)NCCc1ccc(O)cc1. The van der Waals surface area contributed by atoms with Gasteiger partial charge in [-0.2, -0.15) is 0 Å². The molecule has 3 atom stereocenters. The van der Waals surface area contributed by atoms with Gasteiger partial charge in [0, 0.05) is 6.54 Å². The molecule has 26 heavy (non-hydrogen) atoms. The lowest BCUT2D eigenvalue weighted by molar-refractivity contribution is -0.138. The summed E-state index contributed by atoms with van der Waals surface area (Å²) in [5, 5.41) is 23.4. The number of amides is 2. The van der Waals surface area contributed by atoms with Gasteiger partial charge in [-0.1, -0.05) is 26.0 Å². The molecule has 1 aliphatic rings. The number of epoxide rings is 1. The van der Waals surface area contributed by atoms with Crippen molar-refractivity contribution in [1.29, 1.82) is 0 Å². The van der Waals surface area contributed by atoms with Crippen LogP contribution in [-0.2, 0) is 25.5 Å². The minimum Gasteiger partial charge on any atom is -0.508 e. The number of aliphatic carboxylic acids is 1. The zero-order valence-electron chi connectivity index (χ0n) is 14.8. The fraction of sp³-hybridized carbons (Fsp3) is 0.500. The molecule has 8 heteroatoms. The van der Waals surface area contributed by atoms with Crippen LogP contribution in [0.15, 0.2) is 24.3 Å². The Labute approximate surface area is 151 Å². The van der Waals surface area contributed by atoms with Crippen molar-refractivity contribution >= 4 is 17.8 Å². The summed E-state index contributed by atoms with van der Waals surface area (Å²) in [5.74, 6) is -1.75. The van der Waals surface area contributed by atoms with Crippen molar-refractivity contribution in [3.63, 3.8) is 0 Å². The predicted octanol–water partition coefficient (Wildman–Crippen LogP) is 0.434. The van der Waals surface area contributed by atoms with Crippen LogP contribution >= 0.6 is 0 Å². The third-order valence-corrected chi connectivity index (χ3v) is 3.98. The van der Waals surface area contributed by atoms with Crippen molar-refractivity contribution in [2.24, 2.45) is 5.92 Å². The highest BCUT2D eigenvalue weighted by Gasteiger charge is 2.51. The molecular formula is C18H24N2O6. The zero-order valence-corrected chi connectivity index (χ0v) is 14.8. The lowest BCUT2D eigenvalue weighted by Crippen LogP contribution is -2.49. The first-order chi connectivity index (χ1) is 12.3. The molecule has 1 heterocycles. The molecule has 4 N–H and O–H groups in total. The van der Waals surface area contributed by atoms with Crippen LogP contribution in [0.5, 0.6) is 5.75 Å². The van der Waals surface area contributed by atoms with E-state index in [0.29, 0.717) is 19.4 Å². The average Bonchev–Trinajstić information content (AvgIpc) is 3.36. The maximum absolute atomic E-state index is 12.4. The summed E-state index contributed by atoms with van der Waals surface area (Å²) >= 11 is 0. The number of rotatable bonds is 9. The monoisotopic (exact) mass is 364 g/mol. The second-order valence-corrected chi connectivity index (χ2v) is 6.71. The third-order valence-electron chi connectivity index (χ3n) is 3.98. The minimum absolute atomic E-state index is 0.165. The Morgan fingerprint density at radius 3 is 2.35 bits per heavy atom. The maximum Gasteiger partial charge on any atom is 0.336 e. The summed E-state index contributed by atoms with van der Waals surface area (Å²) in [6.07, 6.45) is -1.15. The number of carbonyl (C=O) groups excluding carboxylic acids is 2. The molecule has 1 aromatic carbocycles. The van der Waals surface area contributed by atoms with Gasteiger partial charge in [0.2, 0.25) is 5.91 Å². The van der Waals surface area contributed by atoms with Crippen LogP contribution in [-0.4, -0.2) is 52.8 Å². The van der Waals surface area contributed by atoms with E-state index in [9.17, 15) is 19.5 Å². The zero-order chi connectivity index (χ0) is 19.3. The number of carboxylic acid groups (broad SMARTS) is 1. The van der Waals surface area contributed by atoms with Gasteiger partial charge in [-0.15, -0.1) is 0 Å². The van der Waals surface area contributed by atoms with Crippen molar-refractivity contribution in [3.8, 4) is 5.75 Å². The van der Waals surface area contributed by atoms with Gasteiger partial charge in [0.25, 0.3) is 5.91 Å². The first-order valence-corrected chi connectivity index (χ1v) is 8.52. The molecule has 1 saturated heterocycles. The van der Waals surface area contributed by atoms with Crippen LogP contribution in [0.4, 0.5) is 0 Å². The fourth-order valence-electron chi connectivity index (χ4n) is 2.57. The van der Waals surface area contributed by atoms with Crippen LogP contribution in [0.2, 0.25) is 0 Å². The minimum atomic E-state index is -1.19. The highest BCUT2D eigenvalue weighted by molar-refractivity contribution is 5.95. The van der Waals surface area contributed by atoms with Gasteiger partial charge < -0.3 is 25.6 Å². The second-order valence-electron chi connectivity index (χ2n) is 6.71. The van der Waals surface area contributed by atoms with Gasteiger partial charge in [0.05, 0.1) is 0 Å². The summed E-state index contributed by atoms with van der Waals surface area (Å²) in [6.45, 7) is 4.23. The molecule has 0 spiro atoms. The molecule has 0 bridgehead atoms. The summed E-state index contributed by atoms with van der Waals surface area (Å²) < 4.78 is 4.81. The third kappa shape index (κ3) is 5.73. The van der Waals surface area contributed by atoms with E-state index < -0.39 is 30.1 Å². The summed E-state index contributed by atoms with van der Waals surface area (Å²) in [5.41, 5.74) is 0.961. The van der Waals surface area contributed by atoms with Crippen LogP contribution in [0.1, 0.15) is 25.8 Å². The molecule has 0 aromatic heterocycles. The Hall–Kier alpha value is -2.61. The van der Waals surface area contributed by atoms with Crippen molar-refractivity contribution in [2.45, 2.75) is 44.9 Å². The topological polar surface area (TPSA) is 128 Å². The molecule has 1 fully saturated rings. The second kappa shape index (κ2) is 8.66. The lowest BCUT2D eigenvalue weighted by Gasteiger charge is -2.20. The van der Waals surface area contributed by atoms with Crippen LogP contribution in [0.3, 0.4) is 0 Å². The number of hydrogen-bond donors (Lipinski definition) is 4. The van der Waals surface area contributed by atoms with E-state index in [1.807, 2.05) is 13.8 Å². The Morgan fingerprint density at radius 1 is 1.15 bits per heavy atom. The maximum atomic E-state index is 12.4. The number of phenolic OH excluding ortho intramolecular Hbond substituents is 1. The Balaban J connectivity index is 1.84. The van der Waals surface area contributed by atoms with Crippen molar-refractivity contribution in [3.05, 3.63) is 29.8 Å². The molecule has 1 aliphatic heterocycles. The predicted molar refractivity (Wildman–Crippen MR) is 92.5 cm³/mol. The molecule has 0 unspecified atom stereocenters. The van der Waals surface area contributed by atoms with Crippen LogP contribution in [0.25, 0.3) is 0 Å². The number of ether oxygens (including phenoxy) is 1. The molecule has 2 rings (SSSR count). The van der Waals surface area contributed by atoms with Gasteiger partial charge in [0.15, 0.2) is 12.2 Å². The number of phenols is 1. The Morgan fingerprint density at radius 2 is 1.81 bits per heavy atom. The summed E-state index contributed by atoms with van der Waals surface area (Å²) in [4.78, 5) is 35.2. The quantitative estimate of drug-likeness (QED) is 0.471. The van der Waals surface area contributed by atoms with Gasteiger partial charge in [-0.3, -0.25) is 9.59 Å². The standard InChI is InChI=1S/C18H24N2O6/c1-10(2)9-13(20-17(23)14-15(26-14)18(24)25)16(22)19-8-7-11-3-5-12(21)6-4-11/h3-6,10,13-15,21H,7-9H2,1-2H3,(H,19,22)(H,20,23)(H,24,25)/t13-,14-,15-/m0/s1. The molecule has 0 radical (unpaired) electrons. The molecule has 0 aliphatic carbocycles. The van der Waals surface area contributed by atoms with E-state index in [1.165, 1.54) is 0 Å². The van der Waals surface area contributed by atoms with E-state index in [1.54, 1.807) is 24.3 Å². The molecule has 2 amide bonds. The molecular weight excluding hydrogens is 340 g/mol. The Bertz CT molecular complexity index is 658. The number of nitrogens with one attached hydrogen (secondary N) is 2. The van der Waals surface area contributed by atoms with Crippen molar-refractivity contribution in [2.75, 3.05) is 6.54 Å². The lowest BCUT2D eigenvalue weighted by atomic mass is 10.0. The molecule has 0 saturated carbocycles. The highest BCUT2D eigenvalue weighted by atomic mass is 16.6. The van der Waals surface area contributed by atoms with Gasteiger partial charge in [-0.25, -0.2) is 4.79 Å². The summed E-state index contributed by atoms with van der Waals surface area (Å²) in [6, 6.07) is 5.94. The van der Waals surface area contributed by atoms with Crippen LogP contribution < -0.4 is 10.6 Å². The molecule has 1 aromatic rings. The van der Waals surface area contributed by atoms with E-state index in [2.05, 4.69) is 10.6 Å². The van der Waals surface area contributed by atoms with E-state index in [0.717, 1.165) is 5.56 Å². The highest BCUT2D eigenvalue weighted by Crippen LogP contribution is 2.22. The number of carboxylic acids is 1. The van der Waals surface area contributed by atoms with E-state index >= 15 is 0 Å². The first-order valence-electron chi connectivity index (χ1n) is 8.52. The Kier molecular flexibility index (Phi) is 6.57. The van der Waals surface area contributed by atoms with E-state index in [-0.39, 0.29) is 17.6 Å². The number of hydrogen-bond acceptors (Lipinski definition) is 5. The van der Waals surface area contributed by atoms with Crippen molar-refractivity contribution in [1.82, 2.24) is 10.6 Å².